The van der Waals surface area contributed by atoms with Crippen LogP contribution in [0.1, 0.15) is 50.5 Å². The van der Waals surface area contributed by atoms with Crippen molar-refractivity contribution < 1.29 is 14.6 Å². The van der Waals surface area contributed by atoms with E-state index in [1.54, 1.807) is 0 Å². The van der Waals surface area contributed by atoms with Crippen LogP contribution in [0.4, 0.5) is 0 Å². The lowest BCUT2D eigenvalue weighted by Crippen LogP contribution is -2.39. The zero-order valence-electron chi connectivity index (χ0n) is 14.0. The molecule has 1 heterocycles. The SMILES string of the molecule is CCCC1CC(C(=O)NCC(CCO)c2ccccc2)CCO1. The monoisotopic (exact) mass is 319 g/mol. The molecular formula is C19H29NO3. The van der Waals surface area contributed by atoms with E-state index in [1.807, 2.05) is 18.2 Å². The minimum absolute atomic E-state index is 0.0610. The van der Waals surface area contributed by atoms with Gasteiger partial charge in [0.05, 0.1) is 6.10 Å². The molecule has 1 aliphatic rings. The Labute approximate surface area is 139 Å². The van der Waals surface area contributed by atoms with E-state index in [-0.39, 0.29) is 30.5 Å². The van der Waals surface area contributed by atoms with Crippen LogP contribution in [-0.2, 0) is 9.53 Å². The third-order valence-corrected chi connectivity index (χ3v) is 4.62. The molecule has 1 aromatic carbocycles. The molecule has 1 aliphatic heterocycles. The van der Waals surface area contributed by atoms with Gasteiger partial charge in [0.2, 0.25) is 5.91 Å². The van der Waals surface area contributed by atoms with Crippen LogP contribution in [0.5, 0.6) is 0 Å². The molecule has 0 aromatic heterocycles. The van der Waals surface area contributed by atoms with E-state index in [1.165, 1.54) is 0 Å². The van der Waals surface area contributed by atoms with Crippen LogP contribution >= 0.6 is 0 Å². The average molecular weight is 319 g/mol. The second kappa shape index (κ2) is 9.68. The second-order valence-corrected chi connectivity index (χ2v) is 6.37. The third kappa shape index (κ3) is 5.63. The van der Waals surface area contributed by atoms with Crippen LogP contribution < -0.4 is 5.32 Å². The Kier molecular flexibility index (Phi) is 7.56. The van der Waals surface area contributed by atoms with E-state index in [0.29, 0.717) is 19.6 Å². The molecule has 3 atom stereocenters. The van der Waals surface area contributed by atoms with Crippen molar-refractivity contribution >= 4 is 5.91 Å². The van der Waals surface area contributed by atoms with Crippen molar-refractivity contribution in [1.29, 1.82) is 0 Å². The van der Waals surface area contributed by atoms with Crippen LogP contribution in [-0.4, -0.2) is 36.9 Å². The molecule has 1 aromatic rings. The molecule has 2 N–H and O–H groups in total. The maximum atomic E-state index is 12.5. The van der Waals surface area contributed by atoms with E-state index in [4.69, 9.17) is 4.74 Å². The predicted octanol–water partition coefficient (Wildman–Crippen LogP) is 2.86. The van der Waals surface area contributed by atoms with Crippen molar-refractivity contribution in [2.75, 3.05) is 19.8 Å². The molecule has 128 valence electrons. The Balaban J connectivity index is 1.86. The fraction of sp³-hybridized carbons (Fsp3) is 0.632. The molecule has 4 heteroatoms. The van der Waals surface area contributed by atoms with Gasteiger partial charge in [0.25, 0.3) is 0 Å². The van der Waals surface area contributed by atoms with Crippen molar-refractivity contribution in [2.45, 2.75) is 51.0 Å². The molecule has 23 heavy (non-hydrogen) atoms. The number of benzene rings is 1. The van der Waals surface area contributed by atoms with Crippen LogP contribution in [0.25, 0.3) is 0 Å². The van der Waals surface area contributed by atoms with Gasteiger partial charge in [-0.3, -0.25) is 4.79 Å². The summed E-state index contributed by atoms with van der Waals surface area (Å²) in [6, 6.07) is 10.1. The average Bonchev–Trinajstić information content (AvgIpc) is 2.59. The number of amides is 1. The molecule has 1 saturated heterocycles. The van der Waals surface area contributed by atoms with Crippen molar-refractivity contribution in [2.24, 2.45) is 5.92 Å². The Bertz CT molecular complexity index is 461. The number of aliphatic hydroxyl groups is 1. The van der Waals surface area contributed by atoms with Crippen molar-refractivity contribution in [3.63, 3.8) is 0 Å². The maximum absolute atomic E-state index is 12.5. The largest absolute Gasteiger partial charge is 0.396 e. The second-order valence-electron chi connectivity index (χ2n) is 6.37. The number of aliphatic hydroxyl groups excluding tert-OH is 1. The van der Waals surface area contributed by atoms with Gasteiger partial charge in [-0.1, -0.05) is 43.7 Å². The highest BCUT2D eigenvalue weighted by Crippen LogP contribution is 2.24. The lowest BCUT2D eigenvalue weighted by atomic mass is 9.92. The molecule has 0 saturated carbocycles. The van der Waals surface area contributed by atoms with Gasteiger partial charge in [0, 0.05) is 31.6 Å². The Hall–Kier alpha value is -1.39. The van der Waals surface area contributed by atoms with Gasteiger partial charge in [-0.25, -0.2) is 0 Å². The standard InChI is InChI=1S/C19H29NO3/c1-2-6-18-13-16(10-12-23-18)19(22)20-14-17(9-11-21)15-7-4-3-5-8-15/h3-5,7-8,16-18,21H,2,6,9-14H2,1H3,(H,20,22). The first-order valence-electron chi connectivity index (χ1n) is 8.79. The summed E-state index contributed by atoms with van der Waals surface area (Å²) >= 11 is 0. The summed E-state index contributed by atoms with van der Waals surface area (Å²) in [5.41, 5.74) is 1.16. The first-order chi connectivity index (χ1) is 11.2. The molecule has 3 unspecified atom stereocenters. The van der Waals surface area contributed by atoms with Crippen molar-refractivity contribution in [1.82, 2.24) is 5.32 Å². The highest BCUT2D eigenvalue weighted by atomic mass is 16.5. The normalized spacial score (nSPS) is 22.5. The lowest BCUT2D eigenvalue weighted by Gasteiger charge is -2.29. The van der Waals surface area contributed by atoms with Crippen LogP contribution in [0.3, 0.4) is 0 Å². The van der Waals surface area contributed by atoms with Gasteiger partial charge in [-0.2, -0.15) is 0 Å². The highest BCUT2D eigenvalue weighted by Gasteiger charge is 2.27. The van der Waals surface area contributed by atoms with Gasteiger partial charge in [0.1, 0.15) is 0 Å². The maximum Gasteiger partial charge on any atom is 0.223 e. The third-order valence-electron chi connectivity index (χ3n) is 4.62. The van der Waals surface area contributed by atoms with Gasteiger partial charge >= 0.3 is 0 Å². The van der Waals surface area contributed by atoms with Gasteiger partial charge in [-0.15, -0.1) is 0 Å². The number of hydrogen-bond donors (Lipinski definition) is 2. The zero-order valence-corrected chi connectivity index (χ0v) is 14.0. The van der Waals surface area contributed by atoms with E-state index in [9.17, 15) is 9.90 Å². The Morgan fingerprint density at radius 3 is 2.87 bits per heavy atom. The summed E-state index contributed by atoms with van der Waals surface area (Å²) in [4.78, 5) is 12.5. The number of carbonyl (C=O) groups excluding carboxylic acids is 1. The van der Waals surface area contributed by atoms with E-state index in [0.717, 1.165) is 31.2 Å². The minimum Gasteiger partial charge on any atom is -0.396 e. The molecule has 0 aliphatic carbocycles. The van der Waals surface area contributed by atoms with Crippen molar-refractivity contribution in [3.05, 3.63) is 35.9 Å². The molecule has 2 rings (SSSR count). The highest BCUT2D eigenvalue weighted by molar-refractivity contribution is 5.78. The Morgan fingerprint density at radius 1 is 1.39 bits per heavy atom. The molecule has 0 bridgehead atoms. The van der Waals surface area contributed by atoms with Crippen molar-refractivity contribution in [3.8, 4) is 0 Å². The zero-order chi connectivity index (χ0) is 16.5. The first-order valence-corrected chi connectivity index (χ1v) is 8.79. The molecule has 0 spiro atoms. The number of ether oxygens (including phenoxy) is 1. The van der Waals surface area contributed by atoms with Crippen LogP contribution in [0, 0.1) is 5.92 Å². The first kappa shape index (κ1) is 18.0. The summed E-state index contributed by atoms with van der Waals surface area (Å²) in [6.45, 7) is 3.54. The fourth-order valence-electron chi connectivity index (χ4n) is 3.28. The fourth-order valence-corrected chi connectivity index (χ4v) is 3.28. The van der Waals surface area contributed by atoms with Crippen LogP contribution in [0.2, 0.25) is 0 Å². The summed E-state index contributed by atoms with van der Waals surface area (Å²) in [5.74, 6) is 0.357. The Morgan fingerprint density at radius 2 is 2.17 bits per heavy atom. The predicted molar refractivity (Wildman–Crippen MR) is 91.3 cm³/mol. The van der Waals surface area contributed by atoms with E-state index >= 15 is 0 Å². The lowest BCUT2D eigenvalue weighted by molar-refractivity contribution is -0.130. The minimum atomic E-state index is 0.0610. The molecule has 1 amide bonds. The topological polar surface area (TPSA) is 58.6 Å². The summed E-state index contributed by atoms with van der Waals surface area (Å²) in [6.07, 6.45) is 4.65. The summed E-state index contributed by atoms with van der Waals surface area (Å²) < 4.78 is 5.72. The van der Waals surface area contributed by atoms with E-state index in [2.05, 4.69) is 24.4 Å². The van der Waals surface area contributed by atoms with Gasteiger partial charge in [0.15, 0.2) is 0 Å². The number of nitrogens with one attached hydrogen (secondary N) is 1. The number of rotatable bonds is 8. The number of carbonyl (C=O) groups is 1. The summed E-state index contributed by atoms with van der Waals surface area (Å²) in [7, 11) is 0. The molecule has 4 nitrogen and oxygen atoms in total. The van der Waals surface area contributed by atoms with Crippen LogP contribution in [0.15, 0.2) is 30.3 Å². The number of hydrogen-bond acceptors (Lipinski definition) is 3. The van der Waals surface area contributed by atoms with Gasteiger partial charge in [-0.05, 0) is 31.2 Å². The van der Waals surface area contributed by atoms with Gasteiger partial charge < -0.3 is 15.2 Å². The molecule has 0 radical (unpaired) electrons. The molecular weight excluding hydrogens is 290 g/mol. The summed E-state index contributed by atoms with van der Waals surface area (Å²) in [5, 5.41) is 12.4. The quantitative estimate of drug-likeness (QED) is 0.774. The smallest absolute Gasteiger partial charge is 0.223 e. The molecule has 1 fully saturated rings. The van der Waals surface area contributed by atoms with E-state index < -0.39 is 0 Å².